The van der Waals surface area contributed by atoms with E-state index in [4.69, 9.17) is 0 Å². The molecule has 0 spiro atoms. The second-order valence-electron chi connectivity index (χ2n) is 5.17. The fourth-order valence-electron chi connectivity index (χ4n) is 2.23. The molecule has 26 heavy (non-hydrogen) atoms. The summed E-state index contributed by atoms with van der Waals surface area (Å²) >= 11 is 0. The van der Waals surface area contributed by atoms with Gasteiger partial charge >= 0.3 is 6.18 Å². The highest BCUT2D eigenvalue weighted by Crippen LogP contribution is 2.38. The molecule has 0 unspecified atom stereocenters. The lowest BCUT2D eigenvalue weighted by molar-refractivity contribution is -0.140. The lowest BCUT2D eigenvalue weighted by Gasteiger charge is -2.17. The van der Waals surface area contributed by atoms with E-state index in [1.165, 1.54) is 24.3 Å². The van der Waals surface area contributed by atoms with E-state index in [0.29, 0.717) is 6.07 Å². The van der Waals surface area contributed by atoms with E-state index in [9.17, 15) is 30.0 Å². The van der Waals surface area contributed by atoms with Gasteiger partial charge < -0.3 is 0 Å². The smallest absolute Gasteiger partial charge is 0.280 e. The Bertz CT molecular complexity index is 1020. The van der Waals surface area contributed by atoms with Gasteiger partial charge in [-0.1, -0.05) is 30.3 Å². The van der Waals surface area contributed by atoms with Gasteiger partial charge in [-0.05, 0) is 24.3 Å². The highest BCUT2D eigenvalue weighted by molar-refractivity contribution is 7.95. The molecule has 0 radical (unpaired) electrons. The summed E-state index contributed by atoms with van der Waals surface area (Å²) in [6.07, 6.45) is -4.16. The van der Waals surface area contributed by atoms with Gasteiger partial charge in [-0.3, -0.25) is 4.72 Å². The van der Waals surface area contributed by atoms with E-state index < -0.39 is 47.1 Å². The number of sulfone groups is 1. The minimum absolute atomic E-state index is 0.0805. The van der Waals surface area contributed by atoms with Crippen LogP contribution in [0.2, 0.25) is 0 Å². The zero-order valence-electron chi connectivity index (χ0n) is 13.2. The molecular weight excluding hydrogens is 391 g/mol. The number of benzene rings is 2. The first-order chi connectivity index (χ1) is 12.0. The van der Waals surface area contributed by atoms with Crippen molar-refractivity contribution < 1.29 is 30.0 Å². The molecule has 0 aliphatic rings. The van der Waals surface area contributed by atoms with Gasteiger partial charge in [0.15, 0.2) is 9.84 Å². The van der Waals surface area contributed by atoms with E-state index in [1.807, 2.05) is 0 Å². The minimum atomic E-state index is -5.05. The highest BCUT2D eigenvalue weighted by Gasteiger charge is 2.40. The molecule has 2 rings (SSSR count). The van der Waals surface area contributed by atoms with Crippen molar-refractivity contribution in [2.24, 2.45) is 0 Å². The molecule has 0 heterocycles. The molecule has 0 aliphatic carbocycles. The fraction of sp³-hybridized carbons (Fsp3) is 0.125. The van der Waals surface area contributed by atoms with E-state index in [1.54, 1.807) is 6.07 Å². The van der Waals surface area contributed by atoms with Gasteiger partial charge in [0.1, 0.15) is 4.90 Å². The normalized spacial score (nSPS) is 12.6. The molecule has 1 N–H and O–H groups in total. The predicted molar refractivity (Wildman–Crippen MR) is 90.9 cm³/mol. The monoisotopic (exact) mass is 405 g/mol. The number of sulfonamides is 1. The average Bonchev–Trinajstić information content (AvgIpc) is 2.54. The second-order valence-corrected chi connectivity index (χ2v) is 8.79. The molecule has 0 fully saturated rings. The van der Waals surface area contributed by atoms with E-state index in [0.717, 1.165) is 18.2 Å². The molecule has 0 amide bonds. The number of rotatable bonds is 6. The number of alkyl halides is 3. The molecule has 0 aromatic heterocycles. The standard InChI is InChI=1S/C16H14F3NO4S2/c1-2-11-25(21,22)15-13(16(17,18)19)9-6-10-14(15)26(23,24)20-12-7-4-3-5-8-12/h2-10,20H,1,11H2. The Morgan fingerprint density at radius 1 is 0.962 bits per heavy atom. The van der Waals surface area contributed by atoms with Crippen LogP contribution in [0.25, 0.3) is 0 Å². The van der Waals surface area contributed by atoms with Crippen LogP contribution >= 0.6 is 0 Å². The Balaban J connectivity index is 2.75. The summed E-state index contributed by atoms with van der Waals surface area (Å²) in [4.78, 5) is -2.27. The Hall–Kier alpha value is -2.33. The van der Waals surface area contributed by atoms with Gasteiger partial charge in [-0.15, -0.1) is 6.58 Å². The average molecular weight is 405 g/mol. The van der Waals surface area contributed by atoms with Crippen LogP contribution in [-0.4, -0.2) is 22.6 Å². The summed E-state index contributed by atoms with van der Waals surface area (Å²) in [5.74, 6) is -0.839. The molecule has 10 heteroatoms. The topological polar surface area (TPSA) is 80.3 Å². The Morgan fingerprint density at radius 3 is 2.12 bits per heavy atom. The third kappa shape index (κ3) is 4.25. The van der Waals surface area contributed by atoms with Crippen LogP contribution in [-0.2, 0) is 26.0 Å². The molecule has 140 valence electrons. The highest BCUT2D eigenvalue weighted by atomic mass is 32.2. The summed E-state index contributed by atoms with van der Waals surface area (Å²) < 4.78 is 91.9. The van der Waals surface area contributed by atoms with E-state index >= 15 is 0 Å². The molecule has 0 bridgehead atoms. The van der Waals surface area contributed by atoms with E-state index in [2.05, 4.69) is 11.3 Å². The summed E-state index contributed by atoms with van der Waals surface area (Å²) in [6.45, 7) is 3.20. The Morgan fingerprint density at radius 2 is 1.58 bits per heavy atom. The molecule has 0 saturated heterocycles. The summed E-state index contributed by atoms with van der Waals surface area (Å²) in [6, 6.07) is 9.58. The van der Waals surface area contributed by atoms with Crippen LogP contribution < -0.4 is 4.72 Å². The first-order valence-corrected chi connectivity index (χ1v) is 10.2. The maximum Gasteiger partial charge on any atom is 0.417 e. The second kappa shape index (κ2) is 7.12. The molecule has 0 aliphatic heterocycles. The number of para-hydroxylation sites is 1. The van der Waals surface area contributed by atoms with Gasteiger partial charge in [-0.2, -0.15) is 13.2 Å². The minimum Gasteiger partial charge on any atom is -0.280 e. The zero-order valence-corrected chi connectivity index (χ0v) is 14.8. The third-order valence-electron chi connectivity index (χ3n) is 3.25. The Labute approximate surface area is 149 Å². The van der Waals surface area contributed by atoms with Crippen molar-refractivity contribution in [2.45, 2.75) is 16.0 Å². The van der Waals surface area contributed by atoms with Crippen molar-refractivity contribution in [3.05, 3.63) is 66.7 Å². The van der Waals surface area contributed by atoms with Gasteiger partial charge in [0.2, 0.25) is 0 Å². The molecular formula is C16H14F3NO4S2. The molecule has 0 saturated carbocycles. The van der Waals surface area contributed by atoms with Crippen molar-refractivity contribution in [1.29, 1.82) is 0 Å². The fourth-order valence-corrected chi connectivity index (χ4v) is 5.47. The lowest BCUT2D eigenvalue weighted by Crippen LogP contribution is -2.22. The maximum absolute atomic E-state index is 13.3. The quantitative estimate of drug-likeness (QED) is 0.747. The van der Waals surface area contributed by atoms with Crippen molar-refractivity contribution in [3.63, 3.8) is 0 Å². The first-order valence-electron chi connectivity index (χ1n) is 7.11. The van der Waals surface area contributed by atoms with Crippen LogP contribution in [0.5, 0.6) is 0 Å². The number of hydrogen-bond acceptors (Lipinski definition) is 4. The van der Waals surface area contributed by atoms with Crippen LogP contribution in [0.1, 0.15) is 5.56 Å². The molecule has 2 aromatic rings. The van der Waals surface area contributed by atoms with Crippen molar-refractivity contribution in [1.82, 2.24) is 0 Å². The predicted octanol–water partition coefficient (Wildman–Crippen LogP) is 3.47. The van der Waals surface area contributed by atoms with Crippen LogP contribution in [0, 0.1) is 0 Å². The number of nitrogens with one attached hydrogen (secondary N) is 1. The van der Waals surface area contributed by atoms with Crippen LogP contribution in [0.15, 0.2) is 71.0 Å². The van der Waals surface area contributed by atoms with Crippen molar-refractivity contribution in [3.8, 4) is 0 Å². The summed E-state index contributed by atoms with van der Waals surface area (Å²) in [5.41, 5.74) is -1.47. The maximum atomic E-state index is 13.3. The zero-order chi connectivity index (χ0) is 19.6. The molecule has 0 atom stereocenters. The third-order valence-corrected chi connectivity index (χ3v) is 6.54. The Kier molecular flexibility index (Phi) is 5.47. The van der Waals surface area contributed by atoms with Crippen LogP contribution in [0.4, 0.5) is 18.9 Å². The van der Waals surface area contributed by atoms with Gasteiger partial charge in [-0.25, -0.2) is 16.8 Å². The van der Waals surface area contributed by atoms with E-state index in [-0.39, 0.29) is 5.69 Å². The summed E-state index contributed by atoms with van der Waals surface area (Å²) in [5, 5.41) is 0. The van der Waals surface area contributed by atoms with Gasteiger partial charge in [0.25, 0.3) is 10.0 Å². The van der Waals surface area contributed by atoms with Gasteiger partial charge in [0.05, 0.1) is 16.2 Å². The number of hydrogen-bond donors (Lipinski definition) is 1. The van der Waals surface area contributed by atoms with Crippen molar-refractivity contribution >= 4 is 25.5 Å². The SMILES string of the molecule is C=CCS(=O)(=O)c1c(C(F)(F)F)cccc1S(=O)(=O)Nc1ccccc1. The van der Waals surface area contributed by atoms with Gasteiger partial charge in [0, 0.05) is 5.69 Å². The van der Waals surface area contributed by atoms with Crippen LogP contribution in [0.3, 0.4) is 0 Å². The number of halogens is 3. The molecule has 5 nitrogen and oxygen atoms in total. The summed E-state index contributed by atoms with van der Waals surface area (Å²) in [7, 11) is -9.18. The van der Waals surface area contributed by atoms with Crippen molar-refractivity contribution in [2.75, 3.05) is 10.5 Å². The molecule has 2 aromatic carbocycles. The number of anilines is 1. The lowest BCUT2D eigenvalue weighted by atomic mass is 10.2. The first kappa shape index (κ1) is 20.0. The largest absolute Gasteiger partial charge is 0.417 e.